The van der Waals surface area contributed by atoms with Crippen LogP contribution in [0.25, 0.3) is 21.9 Å². The number of nitro groups is 1. The van der Waals surface area contributed by atoms with Crippen molar-refractivity contribution in [2.45, 2.75) is 0 Å². The zero-order valence-corrected chi connectivity index (χ0v) is 11.4. The van der Waals surface area contributed by atoms with Gasteiger partial charge in [-0.15, -0.1) is 0 Å². The molecular formula is C17H13NO3. The summed E-state index contributed by atoms with van der Waals surface area (Å²) in [4.78, 5) is 10.3. The van der Waals surface area contributed by atoms with Crippen molar-refractivity contribution < 1.29 is 9.66 Å². The van der Waals surface area contributed by atoms with Gasteiger partial charge < -0.3 is 4.74 Å². The number of nitrogens with zero attached hydrogens (tertiary/aromatic N) is 1. The Balaban J connectivity index is 2.18. The highest BCUT2D eigenvalue weighted by Gasteiger charge is 2.09. The molecule has 0 saturated heterocycles. The van der Waals surface area contributed by atoms with Gasteiger partial charge in [-0.3, -0.25) is 10.1 Å². The van der Waals surface area contributed by atoms with Crippen LogP contribution in [0.15, 0.2) is 60.7 Å². The van der Waals surface area contributed by atoms with Gasteiger partial charge in [-0.05, 0) is 34.7 Å². The number of hydrogen-bond acceptors (Lipinski definition) is 3. The molecule has 0 fully saturated rings. The molecule has 4 nitrogen and oxygen atoms in total. The molecule has 0 aliphatic carbocycles. The van der Waals surface area contributed by atoms with Crippen LogP contribution in [0.2, 0.25) is 0 Å². The summed E-state index contributed by atoms with van der Waals surface area (Å²) in [6, 6.07) is 18.4. The topological polar surface area (TPSA) is 52.4 Å². The third-order valence-corrected chi connectivity index (χ3v) is 3.49. The molecule has 0 amide bonds. The summed E-state index contributed by atoms with van der Waals surface area (Å²) in [7, 11) is 1.65. The van der Waals surface area contributed by atoms with Gasteiger partial charge in [-0.2, -0.15) is 0 Å². The minimum atomic E-state index is -0.393. The molecule has 0 saturated carbocycles. The normalized spacial score (nSPS) is 10.5. The summed E-state index contributed by atoms with van der Waals surface area (Å²) < 4.78 is 5.38. The van der Waals surface area contributed by atoms with Crippen LogP contribution in [-0.4, -0.2) is 12.0 Å². The lowest BCUT2D eigenvalue weighted by molar-refractivity contribution is -0.384. The highest BCUT2D eigenvalue weighted by atomic mass is 16.6. The van der Waals surface area contributed by atoms with E-state index in [2.05, 4.69) is 0 Å². The van der Waals surface area contributed by atoms with Gasteiger partial charge in [0.2, 0.25) is 0 Å². The monoisotopic (exact) mass is 279 g/mol. The van der Waals surface area contributed by atoms with Crippen LogP contribution in [0.3, 0.4) is 0 Å². The van der Waals surface area contributed by atoms with Gasteiger partial charge in [0, 0.05) is 17.5 Å². The maximum absolute atomic E-state index is 10.7. The summed E-state index contributed by atoms with van der Waals surface area (Å²) in [5.74, 6) is 0.816. The van der Waals surface area contributed by atoms with E-state index in [1.807, 2.05) is 36.4 Å². The maximum atomic E-state index is 10.7. The first kappa shape index (κ1) is 13.1. The molecule has 0 atom stereocenters. The lowest BCUT2D eigenvalue weighted by Crippen LogP contribution is -1.89. The van der Waals surface area contributed by atoms with E-state index in [1.165, 1.54) is 12.1 Å². The molecule has 3 aromatic rings. The van der Waals surface area contributed by atoms with Gasteiger partial charge >= 0.3 is 0 Å². The fourth-order valence-electron chi connectivity index (χ4n) is 2.46. The first-order chi connectivity index (χ1) is 10.2. The number of non-ortho nitro benzene ring substituents is 1. The predicted octanol–water partition coefficient (Wildman–Crippen LogP) is 4.42. The van der Waals surface area contributed by atoms with Gasteiger partial charge in [0.05, 0.1) is 12.0 Å². The van der Waals surface area contributed by atoms with Gasteiger partial charge in [-0.1, -0.05) is 30.3 Å². The number of rotatable bonds is 3. The molecule has 0 unspecified atom stereocenters. The van der Waals surface area contributed by atoms with Crippen molar-refractivity contribution in [3.63, 3.8) is 0 Å². The summed E-state index contributed by atoms with van der Waals surface area (Å²) in [5, 5.41) is 12.8. The molecule has 104 valence electrons. The fourth-order valence-corrected chi connectivity index (χ4v) is 2.46. The van der Waals surface area contributed by atoms with E-state index in [4.69, 9.17) is 4.74 Å². The molecule has 0 N–H and O–H groups in total. The number of fused-ring (bicyclic) bond motifs is 1. The molecule has 4 heteroatoms. The minimum Gasteiger partial charge on any atom is -0.496 e. The third kappa shape index (κ3) is 2.31. The molecule has 0 aliphatic rings. The van der Waals surface area contributed by atoms with E-state index in [0.29, 0.717) is 0 Å². The Morgan fingerprint density at radius 1 is 0.905 bits per heavy atom. The Bertz CT molecular complexity index is 810. The predicted molar refractivity (Wildman–Crippen MR) is 82.6 cm³/mol. The first-order valence-electron chi connectivity index (χ1n) is 6.51. The van der Waals surface area contributed by atoms with E-state index in [0.717, 1.165) is 27.6 Å². The second-order valence-electron chi connectivity index (χ2n) is 4.66. The van der Waals surface area contributed by atoms with E-state index in [-0.39, 0.29) is 5.69 Å². The molecule has 3 aromatic carbocycles. The zero-order valence-electron chi connectivity index (χ0n) is 11.4. The van der Waals surface area contributed by atoms with Gasteiger partial charge in [-0.25, -0.2) is 0 Å². The van der Waals surface area contributed by atoms with Crippen molar-refractivity contribution in [3.05, 3.63) is 70.8 Å². The highest BCUT2D eigenvalue weighted by Crippen LogP contribution is 2.34. The van der Waals surface area contributed by atoms with Crippen LogP contribution >= 0.6 is 0 Å². The quantitative estimate of drug-likeness (QED) is 0.526. The number of benzene rings is 3. The summed E-state index contributed by atoms with van der Waals surface area (Å²) in [5.41, 5.74) is 2.07. The maximum Gasteiger partial charge on any atom is 0.269 e. The molecular weight excluding hydrogens is 266 g/mol. The summed E-state index contributed by atoms with van der Waals surface area (Å²) in [6.07, 6.45) is 0. The van der Waals surface area contributed by atoms with Crippen LogP contribution in [-0.2, 0) is 0 Å². The largest absolute Gasteiger partial charge is 0.496 e. The van der Waals surface area contributed by atoms with Crippen molar-refractivity contribution in [1.82, 2.24) is 0 Å². The lowest BCUT2D eigenvalue weighted by atomic mass is 9.97. The Morgan fingerprint density at radius 2 is 1.57 bits per heavy atom. The molecule has 0 heterocycles. The van der Waals surface area contributed by atoms with Gasteiger partial charge in [0.15, 0.2) is 0 Å². The van der Waals surface area contributed by atoms with Crippen molar-refractivity contribution in [1.29, 1.82) is 0 Å². The molecule has 0 radical (unpaired) electrons. The number of methoxy groups -OCH3 is 1. The van der Waals surface area contributed by atoms with E-state index in [9.17, 15) is 10.1 Å². The SMILES string of the molecule is COc1ccc(-c2ccc([N+](=O)[O-])cc2)c2ccccc12. The minimum absolute atomic E-state index is 0.0940. The van der Waals surface area contributed by atoms with Crippen LogP contribution < -0.4 is 4.74 Å². The Kier molecular flexibility index (Phi) is 3.28. The fraction of sp³-hybridized carbons (Fsp3) is 0.0588. The van der Waals surface area contributed by atoms with Crippen molar-refractivity contribution in [2.24, 2.45) is 0 Å². The highest BCUT2D eigenvalue weighted by molar-refractivity contribution is 6.00. The Hall–Kier alpha value is -2.88. The van der Waals surface area contributed by atoms with Gasteiger partial charge in [0.1, 0.15) is 5.75 Å². The smallest absolute Gasteiger partial charge is 0.269 e. The van der Waals surface area contributed by atoms with Crippen LogP contribution in [0.1, 0.15) is 0 Å². The average Bonchev–Trinajstić information content (AvgIpc) is 2.54. The van der Waals surface area contributed by atoms with Crippen molar-refractivity contribution >= 4 is 16.5 Å². The molecule has 0 bridgehead atoms. The van der Waals surface area contributed by atoms with Crippen LogP contribution in [0.5, 0.6) is 5.75 Å². The second kappa shape index (κ2) is 5.25. The molecule has 0 spiro atoms. The first-order valence-corrected chi connectivity index (χ1v) is 6.51. The average molecular weight is 279 g/mol. The van der Waals surface area contributed by atoms with Gasteiger partial charge in [0.25, 0.3) is 5.69 Å². The Morgan fingerprint density at radius 3 is 2.19 bits per heavy atom. The molecule has 3 rings (SSSR count). The van der Waals surface area contributed by atoms with E-state index < -0.39 is 4.92 Å². The second-order valence-corrected chi connectivity index (χ2v) is 4.66. The standard InChI is InChI=1S/C17H13NO3/c1-21-17-11-10-14(15-4-2-3-5-16(15)17)12-6-8-13(9-7-12)18(19)20/h2-11H,1H3. The van der Waals surface area contributed by atoms with E-state index >= 15 is 0 Å². The lowest BCUT2D eigenvalue weighted by Gasteiger charge is -2.10. The number of nitro benzene ring substituents is 1. The van der Waals surface area contributed by atoms with Crippen molar-refractivity contribution in [3.8, 4) is 16.9 Å². The Labute approximate surface area is 121 Å². The molecule has 0 aliphatic heterocycles. The zero-order chi connectivity index (χ0) is 14.8. The van der Waals surface area contributed by atoms with Crippen LogP contribution in [0.4, 0.5) is 5.69 Å². The third-order valence-electron chi connectivity index (χ3n) is 3.49. The van der Waals surface area contributed by atoms with Crippen molar-refractivity contribution in [2.75, 3.05) is 7.11 Å². The number of ether oxygens (including phenoxy) is 1. The molecule has 0 aromatic heterocycles. The summed E-state index contributed by atoms with van der Waals surface area (Å²) in [6.45, 7) is 0. The van der Waals surface area contributed by atoms with Crippen LogP contribution in [0, 0.1) is 10.1 Å². The molecule has 21 heavy (non-hydrogen) atoms. The number of hydrogen-bond donors (Lipinski definition) is 0. The van der Waals surface area contributed by atoms with E-state index in [1.54, 1.807) is 19.2 Å². The summed E-state index contributed by atoms with van der Waals surface area (Å²) >= 11 is 0.